The van der Waals surface area contributed by atoms with Gasteiger partial charge in [0.15, 0.2) is 0 Å². The van der Waals surface area contributed by atoms with Gasteiger partial charge in [-0.25, -0.2) is 0 Å². The van der Waals surface area contributed by atoms with Crippen LogP contribution >= 0.6 is 31.9 Å². The molecule has 1 aromatic carbocycles. The lowest BCUT2D eigenvalue weighted by molar-refractivity contribution is 0.343. The molecule has 0 radical (unpaired) electrons. The molecule has 0 amide bonds. The van der Waals surface area contributed by atoms with Gasteiger partial charge >= 0.3 is 0 Å². The highest BCUT2D eigenvalue weighted by Crippen LogP contribution is 2.43. The van der Waals surface area contributed by atoms with E-state index in [0.717, 1.165) is 20.3 Å². The van der Waals surface area contributed by atoms with Crippen LogP contribution in [-0.2, 0) is 0 Å². The minimum atomic E-state index is 0.583. The first-order valence-corrected chi connectivity index (χ1v) is 7.92. The Morgan fingerprint density at radius 2 is 2.00 bits per heavy atom. The number of rotatable bonds is 4. The van der Waals surface area contributed by atoms with E-state index in [-0.39, 0.29) is 0 Å². The molecule has 1 saturated carbocycles. The number of hydrogen-bond donors (Lipinski definition) is 0. The van der Waals surface area contributed by atoms with Crippen LogP contribution in [-0.4, -0.2) is 6.61 Å². The van der Waals surface area contributed by atoms with Gasteiger partial charge in [0.25, 0.3) is 0 Å². The van der Waals surface area contributed by atoms with Crippen LogP contribution in [0.2, 0.25) is 0 Å². The van der Waals surface area contributed by atoms with Crippen molar-refractivity contribution in [1.82, 2.24) is 0 Å². The molecule has 98 valence electrons. The molecule has 0 unspecified atom stereocenters. The van der Waals surface area contributed by atoms with Crippen molar-refractivity contribution in [3.63, 3.8) is 0 Å². The van der Waals surface area contributed by atoms with Crippen molar-refractivity contribution in [1.29, 1.82) is 0 Å². The first-order valence-electron chi connectivity index (χ1n) is 6.34. The van der Waals surface area contributed by atoms with Crippen molar-refractivity contribution in [2.45, 2.75) is 38.5 Å². The normalized spacial score (nSPS) is 15.9. The third-order valence-corrected chi connectivity index (χ3v) is 4.34. The van der Waals surface area contributed by atoms with Crippen LogP contribution in [0.1, 0.15) is 44.1 Å². The quantitative estimate of drug-likeness (QED) is 0.603. The fourth-order valence-electron chi connectivity index (χ4n) is 2.47. The molecule has 1 fully saturated rings. The summed E-state index contributed by atoms with van der Waals surface area (Å²) >= 11 is 7.18. The summed E-state index contributed by atoms with van der Waals surface area (Å²) in [4.78, 5) is 0. The lowest BCUT2D eigenvalue weighted by Crippen LogP contribution is -2.04. The number of hydrogen-bond acceptors (Lipinski definition) is 1. The highest BCUT2D eigenvalue weighted by Gasteiger charge is 2.22. The van der Waals surface area contributed by atoms with Crippen molar-refractivity contribution in [2.75, 3.05) is 6.61 Å². The first kappa shape index (κ1) is 14.1. The molecular formula is C15H18Br2O. The molecule has 0 atom stereocenters. The molecular weight excluding hydrogens is 356 g/mol. The smallest absolute Gasteiger partial charge is 0.137 e. The van der Waals surface area contributed by atoms with Crippen LogP contribution in [0.15, 0.2) is 33.2 Å². The molecule has 1 aliphatic rings. The topological polar surface area (TPSA) is 9.23 Å². The van der Waals surface area contributed by atoms with Gasteiger partial charge in [-0.1, -0.05) is 35.4 Å². The maximum Gasteiger partial charge on any atom is 0.137 e. The van der Waals surface area contributed by atoms with Gasteiger partial charge < -0.3 is 4.74 Å². The lowest BCUT2D eigenvalue weighted by atomic mass is 9.97. The van der Waals surface area contributed by atoms with E-state index >= 15 is 0 Å². The van der Waals surface area contributed by atoms with Gasteiger partial charge in [-0.2, -0.15) is 0 Å². The zero-order valence-corrected chi connectivity index (χ0v) is 13.8. The van der Waals surface area contributed by atoms with E-state index in [1.807, 2.05) is 13.0 Å². The molecule has 0 N–H and O–H groups in total. The molecule has 0 aromatic heterocycles. The van der Waals surface area contributed by atoms with E-state index in [9.17, 15) is 0 Å². The van der Waals surface area contributed by atoms with Crippen LogP contribution in [0, 0.1) is 0 Å². The fourth-order valence-corrected chi connectivity index (χ4v) is 3.84. The molecule has 0 spiro atoms. The minimum absolute atomic E-state index is 0.583. The summed E-state index contributed by atoms with van der Waals surface area (Å²) in [7, 11) is 0. The SMILES string of the molecule is C=C(C)COc1c(Br)cc(Br)cc1C1CCCC1. The molecule has 0 bridgehead atoms. The Labute approximate surface area is 126 Å². The van der Waals surface area contributed by atoms with Crippen LogP contribution in [0.3, 0.4) is 0 Å². The summed E-state index contributed by atoms with van der Waals surface area (Å²) in [6.07, 6.45) is 5.20. The van der Waals surface area contributed by atoms with Gasteiger partial charge in [0.1, 0.15) is 12.4 Å². The Morgan fingerprint density at radius 1 is 1.33 bits per heavy atom. The number of halogens is 2. The van der Waals surface area contributed by atoms with Crippen molar-refractivity contribution in [3.05, 3.63) is 38.8 Å². The van der Waals surface area contributed by atoms with Crippen LogP contribution in [0.5, 0.6) is 5.75 Å². The van der Waals surface area contributed by atoms with Crippen LogP contribution in [0.4, 0.5) is 0 Å². The number of ether oxygens (including phenoxy) is 1. The zero-order chi connectivity index (χ0) is 13.1. The second kappa shape index (κ2) is 6.25. The Morgan fingerprint density at radius 3 is 2.61 bits per heavy atom. The summed E-state index contributed by atoms with van der Waals surface area (Å²) in [6, 6.07) is 4.25. The van der Waals surface area contributed by atoms with E-state index in [4.69, 9.17) is 4.74 Å². The lowest BCUT2D eigenvalue weighted by Gasteiger charge is -2.18. The maximum absolute atomic E-state index is 5.93. The predicted octanol–water partition coefficient (Wildman–Crippen LogP) is 5.82. The molecule has 18 heavy (non-hydrogen) atoms. The van der Waals surface area contributed by atoms with Crippen molar-refractivity contribution < 1.29 is 4.74 Å². The van der Waals surface area contributed by atoms with Crippen molar-refractivity contribution >= 4 is 31.9 Å². The first-order chi connectivity index (χ1) is 8.58. The monoisotopic (exact) mass is 372 g/mol. The molecule has 1 nitrogen and oxygen atoms in total. The summed E-state index contributed by atoms with van der Waals surface area (Å²) in [5.41, 5.74) is 2.37. The van der Waals surface area contributed by atoms with E-state index in [1.165, 1.54) is 31.2 Å². The fraction of sp³-hybridized carbons (Fsp3) is 0.467. The molecule has 3 heteroatoms. The Kier molecular flexibility index (Phi) is 4.91. The second-order valence-electron chi connectivity index (χ2n) is 5.03. The van der Waals surface area contributed by atoms with Gasteiger partial charge in [0.05, 0.1) is 4.47 Å². The molecule has 1 aliphatic carbocycles. The van der Waals surface area contributed by atoms with Gasteiger partial charge in [-0.3, -0.25) is 0 Å². The maximum atomic E-state index is 5.93. The third kappa shape index (κ3) is 3.39. The van der Waals surface area contributed by atoms with Crippen LogP contribution in [0.25, 0.3) is 0 Å². The van der Waals surface area contributed by atoms with E-state index < -0.39 is 0 Å². The standard InChI is InChI=1S/C15H18Br2O/c1-10(2)9-18-15-13(11-5-3-4-6-11)7-12(16)8-14(15)17/h7-8,11H,1,3-6,9H2,2H3. The Bertz CT molecular complexity index is 448. The van der Waals surface area contributed by atoms with Gasteiger partial charge in [0, 0.05) is 4.47 Å². The van der Waals surface area contributed by atoms with Gasteiger partial charge in [-0.05, 0) is 64.9 Å². The largest absolute Gasteiger partial charge is 0.488 e. The molecule has 2 rings (SSSR count). The third-order valence-electron chi connectivity index (χ3n) is 3.30. The zero-order valence-electron chi connectivity index (χ0n) is 10.6. The van der Waals surface area contributed by atoms with E-state index in [1.54, 1.807) is 0 Å². The van der Waals surface area contributed by atoms with Crippen molar-refractivity contribution in [2.24, 2.45) is 0 Å². The minimum Gasteiger partial charge on any atom is -0.488 e. The Hall–Kier alpha value is -0.280. The summed E-state index contributed by atoms with van der Waals surface area (Å²) in [6.45, 7) is 6.47. The highest BCUT2D eigenvalue weighted by atomic mass is 79.9. The average molecular weight is 374 g/mol. The van der Waals surface area contributed by atoms with Crippen molar-refractivity contribution in [3.8, 4) is 5.75 Å². The summed E-state index contributed by atoms with van der Waals surface area (Å²) in [5, 5.41) is 0. The van der Waals surface area contributed by atoms with Gasteiger partial charge in [0.2, 0.25) is 0 Å². The summed E-state index contributed by atoms with van der Waals surface area (Å²) in [5.74, 6) is 1.63. The highest BCUT2D eigenvalue weighted by molar-refractivity contribution is 9.11. The van der Waals surface area contributed by atoms with Crippen LogP contribution < -0.4 is 4.74 Å². The predicted molar refractivity (Wildman–Crippen MR) is 83.4 cm³/mol. The Balaban J connectivity index is 2.31. The molecule has 0 aliphatic heterocycles. The van der Waals surface area contributed by atoms with E-state index in [0.29, 0.717) is 12.5 Å². The molecule has 0 saturated heterocycles. The van der Waals surface area contributed by atoms with E-state index in [2.05, 4.69) is 44.5 Å². The molecule has 0 heterocycles. The average Bonchev–Trinajstić information content (AvgIpc) is 2.79. The van der Waals surface area contributed by atoms with Gasteiger partial charge in [-0.15, -0.1) is 0 Å². The summed E-state index contributed by atoms with van der Waals surface area (Å²) < 4.78 is 8.07. The number of benzene rings is 1. The second-order valence-corrected chi connectivity index (χ2v) is 6.80. The molecule has 1 aromatic rings.